The van der Waals surface area contributed by atoms with E-state index < -0.39 is 6.03 Å². The number of amides is 3. The number of benzene rings is 1. The summed E-state index contributed by atoms with van der Waals surface area (Å²) >= 11 is 0. The van der Waals surface area contributed by atoms with Crippen LogP contribution in [0.3, 0.4) is 0 Å². The average Bonchev–Trinajstić information content (AvgIpc) is 2.26. The zero-order chi connectivity index (χ0) is 13.5. The summed E-state index contributed by atoms with van der Waals surface area (Å²) in [6.07, 6.45) is 0.922. The lowest BCUT2D eigenvalue weighted by molar-refractivity contribution is -0.119. The SMILES string of the molecule is CC(C)Oc1ccc(CCC(=O)NC(N)=O)cc1. The summed E-state index contributed by atoms with van der Waals surface area (Å²) in [6, 6.07) is 6.70. The number of nitrogens with one attached hydrogen (secondary N) is 1. The number of imide groups is 1. The van der Waals surface area contributed by atoms with Gasteiger partial charge in [-0.3, -0.25) is 10.1 Å². The summed E-state index contributed by atoms with van der Waals surface area (Å²) in [5.74, 6) is 0.431. The van der Waals surface area contributed by atoms with E-state index in [1.807, 2.05) is 43.4 Å². The Kier molecular flexibility index (Phi) is 5.17. The molecule has 0 aliphatic rings. The first-order chi connectivity index (χ1) is 8.47. The van der Waals surface area contributed by atoms with Crippen LogP contribution in [0.15, 0.2) is 24.3 Å². The molecule has 0 bridgehead atoms. The molecule has 3 amide bonds. The highest BCUT2D eigenvalue weighted by atomic mass is 16.5. The van der Waals surface area contributed by atoms with Crippen LogP contribution in [-0.4, -0.2) is 18.0 Å². The van der Waals surface area contributed by atoms with Crippen molar-refractivity contribution in [1.29, 1.82) is 0 Å². The number of primary amides is 1. The number of ether oxygens (including phenoxy) is 1. The van der Waals surface area contributed by atoms with Gasteiger partial charge in [-0.15, -0.1) is 0 Å². The molecular weight excluding hydrogens is 232 g/mol. The van der Waals surface area contributed by atoms with E-state index in [4.69, 9.17) is 10.5 Å². The maximum absolute atomic E-state index is 11.2. The van der Waals surface area contributed by atoms with Crippen molar-refractivity contribution in [2.45, 2.75) is 32.8 Å². The van der Waals surface area contributed by atoms with Gasteiger partial charge in [0.1, 0.15) is 5.75 Å². The first kappa shape index (κ1) is 14.0. The Balaban J connectivity index is 2.44. The lowest BCUT2D eigenvalue weighted by atomic mass is 10.1. The molecule has 0 atom stereocenters. The van der Waals surface area contributed by atoms with Crippen molar-refractivity contribution >= 4 is 11.9 Å². The molecule has 0 spiro atoms. The molecule has 5 nitrogen and oxygen atoms in total. The van der Waals surface area contributed by atoms with Crippen molar-refractivity contribution in [3.8, 4) is 5.75 Å². The molecule has 5 heteroatoms. The molecule has 0 radical (unpaired) electrons. The summed E-state index contributed by atoms with van der Waals surface area (Å²) in [6.45, 7) is 3.92. The van der Waals surface area contributed by atoms with Crippen LogP contribution in [-0.2, 0) is 11.2 Å². The summed E-state index contributed by atoms with van der Waals surface area (Å²) in [5.41, 5.74) is 5.85. The van der Waals surface area contributed by atoms with Gasteiger partial charge in [0.15, 0.2) is 0 Å². The fourth-order valence-corrected chi connectivity index (χ4v) is 1.46. The Morgan fingerprint density at radius 1 is 1.28 bits per heavy atom. The zero-order valence-electron chi connectivity index (χ0n) is 10.6. The highest BCUT2D eigenvalue weighted by Crippen LogP contribution is 2.14. The number of aryl methyl sites for hydroxylation is 1. The third-order valence-electron chi connectivity index (χ3n) is 2.20. The second-order valence-corrected chi connectivity index (χ2v) is 4.22. The number of nitrogens with two attached hydrogens (primary N) is 1. The molecule has 1 aromatic rings. The smallest absolute Gasteiger partial charge is 0.318 e. The highest BCUT2D eigenvalue weighted by molar-refractivity contribution is 5.93. The average molecular weight is 250 g/mol. The standard InChI is InChI=1S/C13H18N2O3/c1-9(2)18-11-6-3-10(4-7-11)5-8-12(16)15-13(14)17/h3-4,6-7,9H,5,8H2,1-2H3,(H3,14,15,16,17). The van der Waals surface area contributed by atoms with Crippen molar-refractivity contribution in [2.75, 3.05) is 0 Å². The number of rotatable bonds is 5. The van der Waals surface area contributed by atoms with Crippen LogP contribution < -0.4 is 15.8 Å². The van der Waals surface area contributed by atoms with Gasteiger partial charge < -0.3 is 10.5 Å². The molecule has 0 aliphatic heterocycles. The van der Waals surface area contributed by atoms with Gasteiger partial charge in [-0.2, -0.15) is 0 Å². The van der Waals surface area contributed by atoms with Crippen LogP contribution in [0.4, 0.5) is 4.79 Å². The first-order valence-corrected chi connectivity index (χ1v) is 5.82. The molecule has 0 aromatic heterocycles. The Bertz CT molecular complexity index is 413. The molecule has 18 heavy (non-hydrogen) atoms. The quantitative estimate of drug-likeness (QED) is 0.832. The summed E-state index contributed by atoms with van der Waals surface area (Å²) in [5, 5.41) is 2.03. The van der Waals surface area contributed by atoms with Crippen LogP contribution in [0.1, 0.15) is 25.8 Å². The normalized spacial score (nSPS) is 10.2. The van der Waals surface area contributed by atoms with E-state index in [-0.39, 0.29) is 18.4 Å². The molecule has 0 saturated carbocycles. The number of hydrogen-bond donors (Lipinski definition) is 2. The molecule has 0 saturated heterocycles. The Morgan fingerprint density at radius 2 is 1.89 bits per heavy atom. The number of urea groups is 1. The van der Waals surface area contributed by atoms with Gasteiger partial charge in [0.25, 0.3) is 0 Å². The molecule has 1 aromatic carbocycles. The molecular formula is C13H18N2O3. The number of carbonyl (C=O) groups is 2. The molecule has 98 valence electrons. The van der Waals surface area contributed by atoms with Crippen molar-refractivity contribution < 1.29 is 14.3 Å². The fraction of sp³-hybridized carbons (Fsp3) is 0.385. The van der Waals surface area contributed by atoms with Gasteiger partial charge in [-0.1, -0.05) is 12.1 Å². The van der Waals surface area contributed by atoms with Crippen molar-refractivity contribution in [1.82, 2.24) is 5.32 Å². The van der Waals surface area contributed by atoms with Crippen LogP contribution in [0.25, 0.3) is 0 Å². The van der Waals surface area contributed by atoms with Crippen molar-refractivity contribution in [3.63, 3.8) is 0 Å². The van der Waals surface area contributed by atoms with E-state index in [0.29, 0.717) is 6.42 Å². The predicted molar refractivity (Wildman–Crippen MR) is 68.3 cm³/mol. The summed E-state index contributed by atoms with van der Waals surface area (Å²) in [4.78, 5) is 21.6. The van der Waals surface area contributed by atoms with E-state index in [9.17, 15) is 9.59 Å². The van der Waals surface area contributed by atoms with E-state index in [1.54, 1.807) is 0 Å². The molecule has 0 unspecified atom stereocenters. The second-order valence-electron chi connectivity index (χ2n) is 4.22. The number of carbonyl (C=O) groups excluding carboxylic acids is 2. The van der Waals surface area contributed by atoms with Crippen molar-refractivity contribution in [3.05, 3.63) is 29.8 Å². The zero-order valence-corrected chi connectivity index (χ0v) is 10.6. The minimum Gasteiger partial charge on any atom is -0.491 e. The van der Waals surface area contributed by atoms with Gasteiger partial charge in [0.05, 0.1) is 6.10 Å². The second kappa shape index (κ2) is 6.64. The van der Waals surface area contributed by atoms with E-state index in [2.05, 4.69) is 0 Å². The van der Waals surface area contributed by atoms with Crippen LogP contribution in [0, 0.1) is 0 Å². The van der Waals surface area contributed by atoms with Crippen LogP contribution >= 0.6 is 0 Å². The van der Waals surface area contributed by atoms with Gasteiger partial charge in [-0.05, 0) is 38.0 Å². The summed E-state index contributed by atoms with van der Waals surface area (Å²) < 4.78 is 5.51. The van der Waals surface area contributed by atoms with Gasteiger partial charge in [-0.25, -0.2) is 4.79 Å². The van der Waals surface area contributed by atoms with Crippen LogP contribution in [0.5, 0.6) is 5.75 Å². The Morgan fingerprint density at radius 3 is 2.39 bits per heavy atom. The molecule has 0 heterocycles. The Hall–Kier alpha value is -2.04. The topological polar surface area (TPSA) is 81.4 Å². The minimum absolute atomic E-state index is 0.136. The third kappa shape index (κ3) is 5.34. The molecule has 1 rings (SSSR count). The maximum atomic E-state index is 11.2. The van der Waals surface area contributed by atoms with Gasteiger partial charge >= 0.3 is 6.03 Å². The van der Waals surface area contributed by atoms with Crippen LogP contribution in [0.2, 0.25) is 0 Å². The van der Waals surface area contributed by atoms with Gasteiger partial charge in [0.2, 0.25) is 5.91 Å². The largest absolute Gasteiger partial charge is 0.491 e. The summed E-state index contributed by atoms with van der Waals surface area (Å²) in [7, 11) is 0. The van der Waals surface area contributed by atoms with E-state index in [0.717, 1.165) is 11.3 Å². The van der Waals surface area contributed by atoms with E-state index in [1.165, 1.54) is 0 Å². The lowest BCUT2D eigenvalue weighted by Gasteiger charge is -2.09. The fourth-order valence-electron chi connectivity index (χ4n) is 1.46. The van der Waals surface area contributed by atoms with Crippen molar-refractivity contribution in [2.24, 2.45) is 5.73 Å². The Labute approximate surface area is 106 Å². The minimum atomic E-state index is -0.819. The number of hydrogen-bond acceptors (Lipinski definition) is 3. The molecule has 0 fully saturated rings. The van der Waals surface area contributed by atoms with E-state index >= 15 is 0 Å². The predicted octanol–water partition coefficient (Wildman–Crippen LogP) is 1.60. The first-order valence-electron chi connectivity index (χ1n) is 5.82. The maximum Gasteiger partial charge on any atom is 0.318 e. The lowest BCUT2D eigenvalue weighted by Crippen LogP contribution is -2.35. The highest BCUT2D eigenvalue weighted by Gasteiger charge is 2.05. The molecule has 3 N–H and O–H groups in total. The van der Waals surface area contributed by atoms with Gasteiger partial charge in [0, 0.05) is 6.42 Å². The monoisotopic (exact) mass is 250 g/mol. The third-order valence-corrected chi connectivity index (χ3v) is 2.20. The molecule has 0 aliphatic carbocycles.